The molecule has 1 aliphatic carbocycles. The minimum Gasteiger partial charge on any atom is -0.385 e. The maximum Gasteiger partial charge on any atom is 0.348 e. The van der Waals surface area contributed by atoms with Crippen molar-refractivity contribution >= 4 is 84.8 Å². The number of amides is 3. The number of ketones is 1. The lowest BCUT2D eigenvalue weighted by Crippen LogP contribution is -2.48. The lowest BCUT2D eigenvalue weighted by Gasteiger charge is -2.36. The molecule has 0 bridgehead atoms. The van der Waals surface area contributed by atoms with Crippen LogP contribution in [0.5, 0.6) is 0 Å². The average Bonchev–Trinajstić information content (AvgIpc) is 3.94. The maximum atomic E-state index is 13.6. The molecule has 65 heavy (non-hydrogen) atoms. The van der Waals surface area contributed by atoms with E-state index in [2.05, 4.69) is 41.1 Å². The van der Waals surface area contributed by atoms with E-state index in [1.165, 1.54) is 20.8 Å². The molecule has 20 heteroatoms. The fourth-order valence-corrected chi connectivity index (χ4v) is 9.31. The van der Waals surface area contributed by atoms with Gasteiger partial charge in [-0.25, -0.2) is 15.0 Å². The number of aryl methyl sites for hydroxylation is 2. The second-order valence-corrected chi connectivity index (χ2v) is 17.5. The van der Waals surface area contributed by atoms with Crippen molar-refractivity contribution in [1.82, 2.24) is 29.4 Å². The van der Waals surface area contributed by atoms with Gasteiger partial charge in [-0.05, 0) is 93.7 Å². The van der Waals surface area contributed by atoms with Crippen LogP contribution in [0.3, 0.4) is 0 Å². The lowest BCUT2D eigenvalue weighted by atomic mass is 10.0. The number of hydrogen-bond acceptors (Lipinski definition) is 15. The fourth-order valence-electron chi connectivity index (χ4n) is 8.53. The number of nitrogens with one attached hydrogen (secondary N) is 4. The van der Waals surface area contributed by atoms with Gasteiger partial charge in [-0.15, -0.1) is 0 Å². The number of hydrogen-bond donors (Lipinski definition) is 4. The third kappa shape index (κ3) is 11.1. The summed E-state index contributed by atoms with van der Waals surface area (Å²) in [5.74, 6) is -0.122. The molecule has 0 spiro atoms. The van der Waals surface area contributed by atoms with E-state index in [4.69, 9.17) is 4.98 Å². The standard InChI is InChI=1S/C45H54N12O7S/c1-27-35-26-48-44(52-40(35)56(32-12-9-10-13-32)42(62)39(27)29(3)58)51-37-18-16-33(25-47-37)54-20-22-55(23-21-54)38(60)14-8-6-5-7-11-19-46-31-15-17-34(36(24-31)50-30(4)59)41(61)53-45-49-28(2)43(65-45)57(63)64/h15-18,24-26,32,46H,5-14,19-23H2,1-4H3,(H,50,59)(H,49,53,61)(H,47,48,51,52). The minimum absolute atomic E-state index is 0.0101. The van der Waals surface area contributed by atoms with Crippen molar-refractivity contribution < 1.29 is 24.1 Å². The van der Waals surface area contributed by atoms with Crippen LogP contribution in [-0.2, 0) is 9.59 Å². The van der Waals surface area contributed by atoms with E-state index in [-0.39, 0.29) is 56.2 Å². The summed E-state index contributed by atoms with van der Waals surface area (Å²) >= 11 is 0.767. The number of pyridine rings is 2. The van der Waals surface area contributed by atoms with Gasteiger partial charge in [0.15, 0.2) is 10.9 Å². The quantitative estimate of drug-likeness (QED) is 0.0288. The Balaban J connectivity index is 0.814. The Hall–Kier alpha value is -6.83. The molecule has 5 aromatic rings. The van der Waals surface area contributed by atoms with E-state index in [9.17, 15) is 34.1 Å². The number of Topliss-reactive ketones (excluding diaryl/α,β-unsaturated/α-hetero) is 1. The summed E-state index contributed by atoms with van der Waals surface area (Å²) in [4.78, 5) is 96.7. The Morgan fingerprint density at radius 2 is 1.63 bits per heavy atom. The molecule has 2 aliphatic rings. The fraction of sp³-hybridized carbons (Fsp3) is 0.444. The number of nitrogens with zero attached hydrogens (tertiary/aromatic N) is 8. The highest BCUT2D eigenvalue weighted by atomic mass is 32.1. The Bertz CT molecular complexity index is 2650. The number of carbonyl (C=O) groups excluding carboxylic acids is 4. The number of aromatic nitrogens is 5. The largest absolute Gasteiger partial charge is 0.385 e. The molecular weight excluding hydrogens is 853 g/mol. The molecule has 1 saturated heterocycles. The van der Waals surface area contributed by atoms with Gasteiger partial charge in [-0.3, -0.25) is 44.0 Å². The molecule has 0 unspecified atom stereocenters. The number of carbonyl (C=O) groups is 4. The predicted molar refractivity (Wildman–Crippen MR) is 251 cm³/mol. The van der Waals surface area contributed by atoms with Crippen molar-refractivity contribution in [1.29, 1.82) is 0 Å². The zero-order chi connectivity index (χ0) is 46.2. The van der Waals surface area contributed by atoms with E-state index in [0.717, 1.165) is 80.5 Å². The van der Waals surface area contributed by atoms with Gasteiger partial charge < -0.3 is 25.8 Å². The summed E-state index contributed by atoms with van der Waals surface area (Å²) in [7, 11) is 0. The van der Waals surface area contributed by atoms with Crippen LogP contribution >= 0.6 is 11.3 Å². The molecule has 4 N–H and O–H groups in total. The van der Waals surface area contributed by atoms with Crippen molar-refractivity contribution in [2.75, 3.05) is 58.9 Å². The first-order chi connectivity index (χ1) is 31.3. The monoisotopic (exact) mass is 906 g/mol. The van der Waals surface area contributed by atoms with Crippen molar-refractivity contribution in [3.63, 3.8) is 0 Å². The first-order valence-electron chi connectivity index (χ1n) is 22.0. The van der Waals surface area contributed by atoms with Crippen LogP contribution in [0, 0.1) is 24.0 Å². The number of unbranched alkanes of at least 4 members (excludes halogenated alkanes) is 4. The number of fused-ring (bicyclic) bond motifs is 1. The van der Waals surface area contributed by atoms with E-state index in [0.29, 0.717) is 73.2 Å². The Morgan fingerprint density at radius 3 is 2.31 bits per heavy atom. The Morgan fingerprint density at radius 1 is 0.892 bits per heavy atom. The Labute approximate surface area is 379 Å². The number of benzene rings is 1. The van der Waals surface area contributed by atoms with Crippen LogP contribution in [0.1, 0.15) is 116 Å². The van der Waals surface area contributed by atoms with Crippen molar-refractivity contribution in [2.24, 2.45) is 0 Å². The zero-order valence-electron chi connectivity index (χ0n) is 37.1. The van der Waals surface area contributed by atoms with Crippen LogP contribution < -0.4 is 31.7 Å². The van der Waals surface area contributed by atoms with Crippen LogP contribution in [0.4, 0.5) is 39.0 Å². The molecule has 0 atom stereocenters. The molecule has 0 radical (unpaired) electrons. The molecule has 3 amide bonds. The van der Waals surface area contributed by atoms with E-state index < -0.39 is 10.8 Å². The highest BCUT2D eigenvalue weighted by Crippen LogP contribution is 2.33. The lowest BCUT2D eigenvalue weighted by molar-refractivity contribution is -0.380. The number of thiazole rings is 1. The van der Waals surface area contributed by atoms with E-state index >= 15 is 0 Å². The summed E-state index contributed by atoms with van der Waals surface area (Å²) in [6.45, 7) is 9.38. The molecule has 2 fully saturated rings. The molecule has 19 nitrogen and oxygen atoms in total. The van der Waals surface area contributed by atoms with Gasteiger partial charge >= 0.3 is 5.00 Å². The topological polar surface area (TPSA) is 240 Å². The molecule has 1 aromatic carbocycles. The highest BCUT2D eigenvalue weighted by Gasteiger charge is 2.27. The SMILES string of the molecule is CC(=O)Nc1cc(NCCCCCCCC(=O)N2CCN(c3ccc(Nc4ncc5c(C)c(C(C)=O)c(=O)n(C6CCCC6)c5n4)nc3)CC2)ccc1C(=O)Nc1nc(C)c([N+](=O)[O-])s1. The predicted octanol–water partition coefficient (Wildman–Crippen LogP) is 7.54. The third-order valence-electron chi connectivity index (χ3n) is 11.9. The van der Waals surface area contributed by atoms with Crippen molar-refractivity contribution in [3.8, 4) is 0 Å². The van der Waals surface area contributed by atoms with Crippen molar-refractivity contribution in [3.05, 3.63) is 85.6 Å². The molecule has 1 saturated carbocycles. The molecule has 5 heterocycles. The maximum absolute atomic E-state index is 13.6. The van der Waals surface area contributed by atoms with Gasteiger partial charge in [0.05, 0.1) is 33.6 Å². The van der Waals surface area contributed by atoms with Crippen LogP contribution in [-0.4, -0.2) is 90.6 Å². The van der Waals surface area contributed by atoms with Gasteiger partial charge in [0.1, 0.15) is 17.2 Å². The molecule has 1 aliphatic heterocycles. The smallest absolute Gasteiger partial charge is 0.348 e. The van der Waals surface area contributed by atoms with Crippen LogP contribution in [0.15, 0.2) is 47.5 Å². The van der Waals surface area contributed by atoms with Gasteiger partial charge in [-0.1, -0.05) is 32.1 Å². The van der Waals surface area contributed by atoms with Gasteiger partial charge in [-0.2, -0.15) is 4.98 Å². The summed E-state index contributed by atoms with van der Waals surface area (Å²) in [5, 5.41) is 23.6. The molecule has 4 aromatic heterocycles. The van der Waals surface area contributed by atoms with Crippen LogP contribution in [0.25, 0.3) is 11.0 Å². The summed E-state index contributed by atoms with van der Waals surface area (Å²) < 4.78 is 1.69. The number of piperazine rings is 1. The molecule has 342 valence electrons. The average molecular weight is 907 g/mol. The van der Waals surface area contributed by atoms with Crippen LogP contribution in [0.2, 0.25) is 0 Å². The summed E-state index contributed by atoms with van der Waals surface area (Å²) in [5.41, 5.74) is 3.40. The molecular formula is C45H54N12O7S. The first kappa shape index (κ1) is 46.2. The second-order valence-electron chi connectivity index (χ2n) is 16.5. The number of nitro groups is 1. The Kier molecular flexibility index (Phi) is 14.8. The summed E-state index contributed by atoms with van der Waals surface area (Å²) in [6.07, 6.45) is 12.4. The number of rotatable bonds is 18. The summed E-state index contributed by atoms with van der Waals surface area (Å²) in [6, 6.07) is 8.83. The normalized spacial score (nSPS) is 14.1. The second kappa shape index (κ2) is 20.8. The van der Waals surface area contributed by atoms with Gasteiger partial charge in [0.2, 0.25) is 17.8 Å². The van der Waals surface area contributed by atoms with Crippen molar-refractivity contribution in [2.45, 2.75) is 97.9 Å². The van der Waals surface area contributed by atoms with E-state index in [1.807, 2.05) is 17.0 Å². The minimum atomic E-state index is -0.550. The highest BCUT2D eigenvalue weighted by molar-refractivity contribution is 7.19. The molecule has 7 rings (SSSR count). The first-order valence-corrected chi connectivity index (χ1v) is 22.9. The van der Waals surface area contributed by atoms with E-state index in [1.54, 1.807) is 42.1 Å². The third-order valence-corrected chi connectivity index (χ3v) is 12.9. The van der Waals surface area contributed by atoms with Gasteiger partial charge in [0.25, 0.3) is 11.5 Å². The van der Waals surface area contributed by atoms with Gasteiger partial charge in [0, 0.05) is 69.4 Å². The number of anilines is 6. The zero-order valence-corrected chi connectivity index (χ0v) is 37.9.